The number of anilines is 1. The number of nitriles is 1. The highest BCUT2D eigenvalue weighted by Gasteiger charge is 2.04. The molecular weight excluding hydrogens is 164 g/mol. The molecule has 13 heavy (non-hydrogen) atoms. The molecule has 0 bridgehead atoms. The molecule has 1 aromatic rings. The molecule has 0 aromatic heterocycles. The first-order chi connectivity index (χ1) is 6.13. The maximum atomic E-state index is 8.54. The zero-order valence-corrected chi connectivity index (χ0v) is 7.74. The summed E-state index contributed by atoms with van der Waals surface area (Å²) in [6, 6.07) is 7.48. The summed E-state index contributed by atoms with van der Waals surface area (Å²) < 4.78 is 5.29. The van der Waals surface area contributed by atoms with Crippen LogP contribution in [-0.2, 0) is 0 Å². The number of ether oxygens (including phenoxy) is 1. The van der Waals surface area contributed by atoms with Gasteiger partial charge in [-0.15, -0.1) is 0 Å². The number of nitrogens with two attached hydrogens (primary N) is 1. The van der Waals surface area contributed by atoms with Gasteiger partial charge in [-0.05, 0) is 31.5 Å². The lowest BCUT2D eigenvalue weighted by Crippen LogP contribution is -2.09. The predicted octanol–water partition coefficient (Wildman–Crippen LogP) is 1.87. The van der Waals surface area contributed by atoms with Crippen LogP contribution < -0.4 is 10.5 Å². The molecule has 68 valence electrons. The summed E-state index contributed by atoms with van der Waals surface area (Å²) in [5.74, 6) is 0.578. The molecule has 0 aliphatic rings. The maximum absolute atomic E-state index is 8.54. The molecule has 3 heteroatoms. The fraction of sp³-hybridized carbons (Fsp3) is 0.300. The van der Waals surface area contributed by atoms with Gasteiger partial charge in [0.15, 0.2) is 6.10 Å². The molecule has 1 aromatic carbocycles. The van der Waals surface area contributed by atoms with Crippen LogP contribution in [0.4, 0.5) is 5.69 Å². The molecule has 0 aliphatic heterocycles. The summed E-state index contributed by atoms with van der Waals surface area (Å²) in [4.78, 5) is 0. The number of aryl methyl sites for hydroxylation is 1. The molecular formula is C10H12N2O. The summed E-state index contributed by atoms with van der Waals surface area (Å²) in [7, 11) is 0. The van der Waals surface area contributed by atoms with Crippen molar-refractivity contribution >= 4 is 5.69 Å². The summed E-state index contributed by atoms with van der Waals surface area (Å²) in [5.41, 5.74) is 7.28. The maximum Gasteiger partial charge on any atom is 0.181 e. The first-order valence-electron chi connectivity index (χ1n) is 4.06. The molecule has 0 saturated heterocycles. The number of benzene rings is 1. The smallest absolute Gasteiger partial charge is 0.181 e. The van der Waals surface area contributed by atoms with Crippen molar-refractivity contribution in [1.29, 1.82) is 5.26 Å². The quantitative estimate of drug-likeness (QED) is 0.700. The lowest BCUT2D eigenvalue weighted by atomic mass is 10.2. The predicted molar refractivity (Wildman–Crippen MR) is 51.3 cm³/mol. The highest BCUT2D eigenvalue weighted by atomic mass is 16.5. The van der Waals surface area contributed by atoms with E-state index in [1.54, 1.807) is 13.0 Å². The van der Waals surface area contributed by atoms with Crippen molar-refractivity contribution in [3.05, 3.63) is 23.8 Å². The fourth-order valence-electron chi connectivity index (χ4n) is 0.960. The van der Waals surface area contributed by atoms with Crippen LogP contribution in [-0.4, -0.2) is 6.10 Å². The van der Waals surface area contributed by atoms with Gasteiger partial charge >= 0.3 is 0 Å². The largest absolute Gasteiger partial charge is 0.474 e. The molecule has 0 heterocycles. The summed E-state index contributed by atoms with van der Waals surface area (Å²) in [6.07, 6.45) is -0.468. The molecule has 0 spiro atoms. The molecule has 3 nitrogen and oxygen atoms in total. The summed E-state index contributed by atoms with van der Waals surface area (Å²) in [6.45, 7) is 3.63. The van der Waals surface area contributed by atoms with E-state index in [2.05, 4.69) is 0 Å². The van der Waals surface area contributed by atoms with E-state index < -0.39 is 6.10 Å². The summed E-state index contributed by atoms with van der Waals surface area (Å²) in [5, 5.41) is 8.54. The van der Waals surface area contributed by atoms with Gasteiger partial charge in [0.05, 0.1) is 5.69 Å². The van der Waals surface area contributed by atoms with Crippen LogP contribution in [0.1, 0.15) is 12.5 Å². The van der Waals surface area contributed by atoms with Crippen LogP contribution >= 0.6 is 0 Å². The number of rotatable bonds is 2. The molecule has 0 fully saturated rings. The van der Waals surface area contributed by atoms with Gasteiger partial charge in [-0.2, -0.15) is 5.26 Å². The lowest BCUT2D eigenvalue weighted by Gasteiger charge is -2.10. The average Bonchev–Trinajstić information content (AvgIpc) is 2.11. The first kappa shape index (κ1) is 9.40. The average molecular weight is 176 g/mol. The van der Waals surface area contributed by atoms with E-state index in [0.29, 0.717) is 11.4 Å². The minimum absolute atomic E-state index is 0.468. The van der Waals surface area contributed by atoms with Crippen molar-refractivity contribution < 1.29 is 4.74 Å². The number of nitrogens with zero attached hydrogens (tertiary/aromatic N) is 1. The second-order valence-electron chi connectivity index (χ2n) is 2.93. The minimum atomic E-state index is -0.468. The molecule has 0 aliphatic carbocycles. The Kier molecular flexibility index (Phi) is 2.76. The number of nitrogen functional groups attached to an aromatic ring is 1. The molecule has 1 rings (SSSR count). The fourth-order valence-corrected chi connectivity index (χ4v) is 0.960. The van der Waals surface area contributed by atoms with Gasteiger partial charge in [0, 0.05) is 0 Å². The molecule has 0 amide bonds. The van der Waals surface area contributed by atoms with Crippen molar-refractivity contribution in [3.8, 4) is 11.8 Å². The summed E-state index contributed by atoms with van der Waals surface area (Å²) >= 11 is 0. The third-order valence-corrected chi connectivity index (χ3v) is 1.65. The van der Waals surface area contributed by atoms with Crippen molar-refractivity contribution in [2.45, 2.75) is 20.0 Å². The monoisotopic (exact) mass is 176 g/mol. The van der Waals surface area contributed by atoms with Gasteiger partial charge in [-0.3, -0.25) is 0 Å². The van der Waals surface area contributed by atoms with Gasteiger partial charge in [0.25, 0.3) is 0 Å². The number of hydrogen-bond acceptors (Lipinski definition) is 3. The van der Waals surface area contributed by atoms with Crippen LogP contribution in [0.2, 0.25) is 0 Å². The Morgan fingerprint density at radius 3 is 2.85 bits per heavy atom. The van der Waals surface area contributed by atoms with Gasteiger partial charge in [-0.25, -0.2) is 0 Å². The molecule has 0 saturated carbocycles. The molecule has 1 atom stereocenters. The Bertz CT molecular complexity index is 341. The second-order valence-corrected chi connectivity index (χ2v) is 2.93. The van der Waals surface area contributed by atoms with Crippen LogP contribution in [0.5, 0.6) is 5.75 Å². The number of hydrogen-bond donors (Lipinski definition) is 1. The van der Waals surface area contributed by atoms with Crippen LogP contribution in [0, 0.1) is 18.3 Å². The molecule has 0 radical (unpaired) electrons. The Balaban J connectivity index is 2.88. The van der Waals surface area contributed by atoms with E-state index in [0.717, 1.165) is 5.56 Å². The van der Waals surface area contributed by atoms with Crippen LogP contribution in [0.25, 0.3) is 0 Å². The Hall–Kier alpha value is -1.69. The van der Waals surface area contributed by atoms with Gasteiger partial charge in [-0.1, -0.05) is 6.07 Å². The second kappa shape index (κ2) is 3.81. The first-order valence-corrected chi connectivity index (χ1v) is 4.06. The van der Waals surface area contributed by atoms with E-state index in [1.807, 2.05) is 25.1 Å². The SMILES string of the molecule is Cc1ccc(N)c(OC(C)C#N)c1. The standard InChI is InChI=1S/C10H12N2O/c1-7-3-4-9(12)10(5-7)13-8(2)6-11/h3-5,8H,12H2,1-2H3. The van der Waals surface area contributed by atoms with Gasteiger partial charge < -0.3 is 10.5 Å². The normalized spacial score (nSPS) is 11.8. The van der Waals surface area contributed by atoms with Crippen molar-refractivity contribution in [1.82, 2.24) is 0 Å². The van der Waals surface area contributed by atoms with Gasteiger partial charge in [0.2, 0.25) is 0 Å². The van der Waals surface area contributed by atoms with E-state index in [-0.39, 0.29) is 0 Å². The highest BCUT2D eigenvalue weighted by Crippen LogP contribution is 2.23. The zero-order chi connectivity index (χ0) is 9.84. The van der Waals surface area contributed by atoms with Crippen LogP contribution in [0.3, 0.4) is 0 Å². The van der Waals surface area contributed by atoms with E-state index in [1.165, 1.54) is 0 Å². The van der Waals surface area contributed by atoms with Crippen molar-refractivity contribution in [2.75, 3.05) is 5.73 Å². The van der Waals surface area contributed by atoms with E-state index >= 15 is 0 Å². The lowest BCUT2D eigenvalue weighted by molar-refractivity contribution is 0.278. The molecule has 1 unspecified atom stereocenters. The zero-order valence-electron chi connectivity index (χ0n) is 7.74. The highest BCUT2D eigenvalue weighted by molar-refractivity contribution is 5.53. The third-order valence-electron chi connectivity index (χ3n) is 1.65. The van der Waals surface area contributed by atoms with Crippen molar-refractivity contribution in [2.24, 2.45) is 0 Å². The van der Waals surface area contributed by atoms with E-state index in [9.17, 15) is 0 Å². The van der Waals surface area contributed by atoms with Crippen molar-refractivity contribution in [3.63, 3.8) is 0 Å². The Morgan fingerprint density at radius 1 is 1.54 bits per heavy atom. The molecule has 2 N–H and O–H groups in total. The van der Waals surface area contributed by atoms with Gasteiger partial charge in [0.1, 0.15) is 11.8 Å². The Labute approximate surface area is 77.7 Å². The third kappa shape index (κ3) is 2.38. The topological polar surface area (TPSA) is 59.0 Å². The van der Waals surface area contributed by atoms with Crippen LogP contribution in [0.15, 0.2) is 18.2 Å². The Morgan fingerprint density at radius 2 is 2.23 bits per heavy atom. The minimum Gasteiger partial charge on any atom is -0.474 e. The van der Waals surface area contributed by atoms with E-state index in [4.69, 9.17) is 15.7 Å².